The highest BCUT2D eigenvalue weighted by Gasteiger charge is 2.51. The van der Waals surface area contributed by atoms with Gasteiger partial charge in [0.2, 0.25) is 6.29 Å². The summed E-state index contributed by atoms with van der Waals surface area (Å²) in [5.74, 6) is 7.23. The van der Waals surface area contributed by atoms with Gasteiger partial charge in [0.15, 0.2) is 11.6 Å². The fraction of sp³-hybridized carbons (Fsp3) is 0.471. The van der Waals surface area contributed by atoms with E-state index in [-0.39, 0.29) is 6.03 Å². The summed E-state index contributed by atoms with van der Waals surface area (Å²) >= 11 is 0. The number of fused-ring (bicyclic) bond motifs is 3. The molecule has 4 aliphatic rings. The van der Waals surface area contributed by atoms with Crippen LogP contribution in [0.15, 0.2) is 38.5 Å². The molecule has 11 nitrogen and oxygen atoms in total. The molecular weight excluding hydrogens is 364 g/mol. The monoisotopic (exact) mass is 386 g/mol. The number of amidine groups is 1. The summed E-state index contributed by atoms with van der Waals surface area (Å²) in [5, 5.41) is 4.76. The molecule has 1 aromatic rings. The Kier molecular flexibility index (Phi) is 4.07. The Morgan fingerprint density at radius 2 is 2.11 bits per heavy atom. The van der Waals surface area contributed by atoms with Gasteiger partial charge in [0.05, 0.1) is 19.5 Å². The van der Waals surface area contributed by atoms with Crippen LogP contribution in [0.2, 0.25) is 0 Å². The van der Waals surface area contributed by atoms with Crippen LogP contribution in [-0.4, -0.2) is 95.8 Å². The van der Waals surface area contributed by atoms with Gasteiger partial charge in [-0.15, -0.1) is 0 Å². The summed E-state index contributed by atoms with van der Waals surface area (Å²) in [6.45, 7) is 4.54. The van der Waals surface area contributed by atoms with E-state index >= 15 is 0 Å². The topological polar surface area (TPSA) is 106 Å². The van der Waals surface area contributed by atoms with Crippen molar-refractivity contribution in [3.8, 4) is 0 Å². The first-order valence-electron chi connectivity index (χ1n) is 9.23. The highest BCUT2D eigenvalue weighted by atomic mass is 16.5. The van der Waals surface area contributed by atoms with Gasteiger partial charge >= 0.3 is 6.03 Å². The molecule has 1 aromatic heterocycles. The van der Waals surface area contributed by atoms with E-state index < -0.39 is 6.29 Å². The van der Waals surface area contributed by atoms with E-state index in [9.17, 15) is 4.79 Å². The predicted octanol–water partition coefficient (Wildman–Crippen LogP) is -0.222. The van der Waals surface area contributed by atoms with Crippen molar-refractivity contribution in [2.24, 2.45) is 15.8 Å². The number of furan rings is 1. The highest BCUT2D eigenvalue weighted by molar-refractivity contribution is 6.12. The second-order valence-electron chi connectivity index (χ2n) is 6.92. The molecule has 28 heavy (non-hydrogen) atoms. The zero-order valence-corrected chi connectivity index (χ0v) is 15.6. The number of morpholine rings is 1. The maximum Gasteiger partial charge on any atom is 0.341 e. The van der Waals surface area contributed by atoms with E-state index in [0.717, 1.165) is 32.8 Å². The predicted molar refractivity (Wildman–Crippen MR) is 100 cm³/mol. The molecular formula is C17H22N8O3. The van der Waals surface area contributed by atoms with Gasteiger partial charge in [-0.05, 0) is 12.1 Å². The fourth-order valence-corrected chi connectivity index (χ4v) is 3.84. The molecule has 0 radical (unpaired) electrons. The summed E-state index contributed by atoms with van der Waals surface area (Å²) in [4.78, 5) is 26.1. The third-order valence-corrected chi connectivity index (χ3v) is 5.32. The Bertz CT molecular complexity index is 858. The molecule has 0 bridgehead atoms. The molecule has 11 heteroatoms. The smallest absolute Gasteiger partial charge is 0.341 e. The minimum absolute atomic E-state index is 0.106. The molecule has 0 spiro atoms. The van der Waals surface area contributed by atoms with Crippen LogP contribution >= 0.6 is 0 Å². The number of carbonyl (C=O) groups is 1. The molecule has 4 aliphatic heterocycles. The van der Waals surface area contributed by atoms with Crippen LogP contribution in [0.5, 0.6) is 0 Å². The van der Waals surface area contributed by atoms with Crippen molar-refractivity contribution in [3.63, 3.8) is 0 Å². The molecule has 1 atom stereocenters. The first kappa shape index (κ1) is 17.2. The van der Waals surface area contributed by atoms with Crippen molar-refractivity contribution in [2.45, 2.75) is 6.29 Å². The first-order chi connectivity index (χ1) is 13.6. The molecule has 5 heterocycles. The molecule has 0 aliphatic carbocycles. The number of ether oxygens (including phenoxy) is 1. The number of amides is 2. The van der Waals surface area contributed by atoms with Gasteiger partial charge in [-0.1, -0.05) is 0 Å². The second kappa shape index (κ2) is 6.62. The zero-order chi connectivity index (χ0) is 19.3. The Labute approximate surface area is 161 Å². The normalized spacial score (nSPS) is 25.0. The number of hydrogen-bond acceptors (Lipinski definition) is 9. The average Bonchev–Trinajstić information content (AvgIpc) is 3.41. The summed E-state index contributed by atoms with van der Waals surface area (Å²) < 4.78 is 10.9. The van der Waals surface area contributed by atoms with Crippen LogP contribution in [0.1, 0.15) is 5.76 Å². The molecule has 0 aromatic carbocycles. The van der Waals surface area contributed by atoms with E-state index in [1.807, 2.05) is 11.1 Å². The van der Waals surface area contributed by atoms with Crippen molar-refractivity contribution in [2.75, 3.05) is 46.4 Å². The number of rotatable bonds is 4. The SMILES string of the molecule is CN1C(=O)N(CCN2CCOCC2)C2N=C3C(=C(c4ccco4)N=CN3N)N21. The number of nitrogens with two attached hydrogens (primary N) is 1. The number of urea groups is 1. The van der Waals surface area contributed by atoms with Crippen molar-refractivity contribution in [1.82, 2.24) is 24.8 Å². The molecule has 148 valence electrons. The maximum atomic E-state index is 12.9. The Hall–Kier alpha value is -2.89. The third-order valence-electron chi connectivity index (χ3n) is 5.32. The van der Waals surface area contributed by atoms with Crippen LogP contribution in [0.4, 0.5) is 4.79 Å². The average molecular weight is 386 g/mol. The number of nitrogens with zero attached hydrogens (tertiary/aromatic N) is 7. The Morgan fingerprint density at radius 1 is 1.29 bits per heavy atom. The highest BCUT2D eigenvalue weighted by Crippen LogP contribution is 2.38. The molecule has 0 saturated carbocycles. The number of hydrazine groups is 2. The third kappa shape index (κ3) is 2.58. The number of carbonyl (C=O) groups excluding carboxylic acids is 1. The molecule has 2 N–H and O–H groups in total. The van der Waals surface area contributed by atoms with E-state index in [1.54, 1.807) is 29.3 Å². The fourth-order valence-electron chi connectivity index (χ4n) is 3.84. The van der Waals surface area contributed by atoms with Crippen LogP contribution in [0, 0.1) is 0 Å². The molecule has 2 fully saturated rings. The largest absolute Gasteiger partial charge is 0.463 e. The summed E-state index contributed by atoms with van der Waals surface area (Å²) in [7, 11) is 1.73. The molecule has 1 unspecified atom stereocenters. The standard InChI is InChI=1S/C17H22N8O3/c1-21-17(26)23(5-4-22-6-9-27-10-7-22)16-20-15-14(25(16)21)13(19-11-24(15)18)12-3-2-8-28-12/h2-3,8,11,16H,4-7,9-10,18H2,1H3. The Morgan fingerprint density at radius 3 is 2.86 bits per heavy atom. The molecule has 2 amide bonds. The van der Waals surface area contributed by atoms with Gasteiger partial charge < -0.3 is 9.15 Å². The van der Waals surface area contributed by atoms with Crippen molar-refractivity contribution < 1.29 is 13.9 Å². The van der Waals surface area contributed by atoms with Gasteiger partial charge in [0.25, 0.3) is 0 Å². The summed E-state index contributed by atoms with van der Waals surface area (Å²) in [5.41, 5.74) is 1.26. The summed E-state index contributed by atoms with van der Waals surface area (Å²) in [6.07, 6.45) is 2.60. The lowest BCUT2D eigenvalue weighted by Crippen LogP contribution is -2.44. The van der Waals surface area contributed by atoms with Gasteiger partial charge in [0, 0.05) is 33.2 Å². The van der Waals surface area contributed by atoms with Gasteiger partial charge in [-0.25, -0.2) is 35.6 Å². The molecule has 5 rings (SSSR count). The van der Waals surface area contributed by atoms with Crippen LogP contribution in [-0.2, 0) is 4.74 Å². The van der Waals surface area contributed by atoms with Gasteiger partial charge in [0.1, 0.15) is 17.7 Å². The first-order valence-corrected chi connectivity index (χ1v) is 9.23. The minimum Gasteiger partial charge on any atom is -0.463 e. The van der Waals surface area contributed by atoms with Crippen LogP contribution in [0.25, 0.3) is 5.70 Å². The van der Waals surface area contributed by atoms with E-state index in [0.29, 0.717) is 29.5 Å². The zero-order valence-electron chi connectivity index (χ0n) is 15.6. The number of aliphatic imine (C=N–C) groups is 2. The maximum absolute atomic E-state index is 12.9. The quantitative estimate of drug-likeness (QED) is 0.713. The van der Waals surface area contributed by atoms with Crippen molar-refractivity contribution >= 4 is 23.9 Å². The van der Waals surface area contributed by atoms with Crippen molar-refractivity contribution in [3.05, 3.63) is 29.9 Å². The lowest BCUT2D eigenvalue weighted by molar-refractivity contribution is 0.0318. The van der Waals surface area contributed by atoms with Crippen molar-refractivity contribution in [1.29, 1.82) is 0 Å². The molecule has 2 saturated heterocycles. The van der Waals surface area contributed by atoms with Gasteiger partial charge in [-0.3, -0.25) is 9.80 Å². The van der Waals surface area contributed by atoms with E-state index in [2.05, 4.69) is 9.89 Å². The second-order valence-corrected chi connectivity index (χ2v) is 6.92. The Balaban J connectivity index is 1.45. The minimum atomic E-state index is -0.485. The van der Waals surface area contributed by atoms with E-state index in [1.165, 1.54) is 11.3 Å². The van der Waals surface area contributed by atoms with Gasteiger partial charge in [-0.2, -0.15) is 0 Å². The summed E-state index contributed by atoms with van der Waals surface area (Å²) in [6, 6.07) is 3.51. The lowest BCUT2D eigenvalue weighted by Gasteiger charge is -2.29. The van der Waals surface area contributed by atoms with E-state index in [4.69, 9.17) is 20.0 Å². The van der Waals surface area contributed by atoms with Crippen LogP contribution in [0.3, 0.4) is 0 Å². The number of hydrogen-bond donors (Lipinski definition) is 1. The van der Waals surface area contributed by atoms with Crippen LogP contribution < -0.4 is 5.84 Å². The lowest BCUT2D eigenvalue weighted by atomic mass is 10.2.